The summed E-state index contributed by atoms with van der Waals surface area (Å²) in [6.07, 6.45) is -0.978. The van der Waals surface area contributed by atoms with Crippen LogP contribution in [-0.2, 0) is 23.3 Å². The van der Waals surface area contributed by atoms with E-state index in [-0.39, 0.29) is 13.2 Å². The van der Waals surface area contributed by atoms with Gasteiger partial charge in [-0.25, -0.2) is 4.79 Å². The van der Waals surface area contributed by atoms with E-state index in [4.69, 9.17) is 4.89 Å². The Morgan fingerprint density at radius 1 is 1.38 bits per heavy atom. The smallest absolute Gasteiger partial charge is 0.432 e. The Hall–Kier alpha value is -0.750. The van der Waals surface area contributed by atoms with E-state index in [1.165, 1.54) is 7.11 Å². The Morgan fingerprint density at radius 2 is 2.08 bits per heavy atom. The average molecular weight is 213 g/mol. The third-order valence-corrected chi connectivity index (χ3v) is 1.17. The Morgan fingerprint density at radius 3 is 2.62 bits per heavy atom. The van der Waals surface area contributed by atoms with Crippen LogP contribution in [0.5, 0.6) is 0 Å². The molecule has 0 radical (unpaired) electrons. The molecule has 0 rings (SSSR count). The third-order valence-electron chi connectivity index (χ3n) is 0.847. The van der Waals surface area contributed by atoms with Crippen LogP contribution < -0.4 is 0 Å². The number of methoxy groups -OCH3 is 1. The molecule has 7 nitrogen and oxygen atoms in total. The van der Waals surface area contributed by atoms with E-state index in [1.807, 2.05) is 0 Å². The zero-order chi connectivity index (χ0) is 10.1. The molecular formula is C5H10O7P+. The van der Waals surface area contributed by atoms with Gasteiger partial charge in [0, 0.05) is 11.7 Å². The first-order valence-electron chi connectivity index (χ1n) is 3.24. The Labute approximate surface area is 75.5 Å². The molecule has 8 heteroatoms. The first-order chi connectivity index (χ1) is 6.16. The van der Waals surface area contributed by atoms with Crippen molar-refractivity contribution in [3.8, 4) is 0 Å². The predicted octanol–water partition coefficient (Wildman–Crippen LogP) is 0.410. The van der Waals surface area contributed by atoms with Gasteiger partial charge in [-0.2, -0.15) is 0 Å². The number of hydrogen-bond donors (Lipinski definition) is 1. The summed E-state index contributed by atoms with van der Waals surface area (Å²) in [6.45, 7) is -0.303. The van der Waals surface area contributed by atoms with Gasteiger partial charge in [-0.3, -0.25) is 0 Å². The average Bonchev–Trinajstić information content (AvgIpc) is 2.04. The Balaban J connectivity index is 3.25. The van der Waals surface area contributed by atoms with Gasteiger partial charge >= 0.3 is 14.4 Å². The topological polar surface area (TPSA) is 91.3 Å². The second kappa shape index (κ2) is 7.88. The monoisotopic (exact) mass is 213 g/mol. The minimum atomic E-state index is -2.75. The molecule has 1 atom stereocenters. The second-order valence-electron chi connectivity index (χ2n) is 1.72. The zero-order valence-electron chi connectivity index (χ0n) is 6.97. The minimum Gasteiger partial charge on any atom is -0.432 e. The highest BCUT2D eigenvalue weighted by Gasteiger charge is 2.13. The highest BCUT2D eigenvalue weighted by molar-refractivity contribution is 7.32. The lowest BCUT2D eigenvalue weighted by molar-refractivity contribution is -0.00450. The number of carbonyl (C=O) groups is 1. The molecule has 1 N–H and O–H groups in total. The van der Waals surface area contributed by atoms with Crippen LogP contribution in [0.3, 0.4) is 0 Å². The summed E-state index contributed by atoms with van der Waals surface area (Å²) in [5.74, 6) is 0. The fraction of sp³-hybridized carbons (Fsp3) is 0.800. The molecule has 0 bridgehead atoms. The third kappa shape index (κ3) is 9.16. The fourth-order valence-corrected chi connectivity index (χ4v) is 0.512. The Bertz CT molecular complexity index is 170. The van der Waals surface area contributed by atoms with E-state index < -0.39 is 21.2 Å². The number of carbonyl (C=O) groups excluding carboxylic acids is 1. The van der Waals surface area contributed by atoms with Crippen LogP contribution in [0.25, 0.3) is 0 Å². The van der Waals surface area contributed by atoms with Gasteiger partial charge in [-0.05, 0) is 0 Å². The molecule has 0 amide bonds. The van der Waals surface area contributed by atoms with Gasteiger partial charge in [-0.1, -0.05) is 4.52 Å². The molecule has 0 heterocycles. The highest BCUT2D eigenvalue weighted by Crippen LogP contribution is 2.13. The van der Waals surface area contributed by atoms with Crippen molar-refractivity contribution in [2.75, 3.05) is 27.1 Å². The summed E-state index contributed by atoms with van der Waals surface area (Å²) >= 11 is 0. The molecule has 0 aliphatic heterocycles. The van der Waals surface area contributed by atoms with E-state index in [1.54, 1.807) is 0 Å². The van der Waals surface area contributed by atoms with Gasteiger partial charge in [0.2, 0.25) is 0 Å². The number of hydrogen-bond acceptors (Lipinski definition) is 6. The quantitative estimate of drug-likeness (QED) is 0.295. The summed E-state index contributed by atoms with van der Waals surface area (Å²) in [4.78, 5) is 18.7. The van der Waals surface area contributed by atoms with E-state index in [0.717, 1.165) is 0 Å². The molecular weight excluding hydrogens is 203 g/mol. The lowest BCUT2D eigenvalue weighted by Gasteiger charge is -2.01. The number of rotatable bonds is 6. The highest BCUT2D eigenvalue weighted by atomic mass is 31.1. The largest absolute Gasteiger partial charge is 0.698 e. The van der Waals surface area contributed by atoms with Crippen LogP contribution in [0.1, 0.15) is 0 Å². The normalized spacial score (nSPS) is 10.8. The van der Waals surface area contributed by atoms with Gasteiger partial charge in [0.05, 0.1) is 6.61 Å². The minimum absolute atomic E-state index is 0.0561. The van der Waals surface area contributed by atoms with Crippen LogP contribution in [0.4, 0.5) is 4.79 Å². The van der Waals surface area contributed by atoms with E-state index in [0.29, 0.717) is 0 Å². The molecule has 1 unspecified atom stereocenters. The summed E-state index contributed by atoms with van der Waals surface area (Å²) < 4.78 is 27.2. The van der Waals surface area contributed by atoms with Crippen molar-refractivity contribution in [3.05, 3.63) is 0 Å². The van der Waals surface area contributed by atoms with E-state index in [9.17, 15) is 9.36 Å². The van der Waals surface area contributed by atoms with Gasteiger partial charge in [0.15, 0.2) is 0 Å². The van der Waals surface area contributed by atoms with Crippen molar-refractivity contribution in [1.29, 1.82) is 0 Å². The van der Waals surface area contributed by atoms with E-state index in [2.05, 4.69) is 18.7 Å². The summed E-state index contributed by atoms with van der Waals surface area (Å²) in [5, 5.41) is 0. The number of ether oxygens (including phenoxy) is 3. The van der Waals surface area contributed by atoms with Crippen LogP contribution in [-0.4, -0.2) is 38.2 Å². The molecule has 0 saturated carbocycles. The van der Waals surface area contributed by atoms with Gasteiger partial charge in [0.25, 0.3) is 6.79 Å². The molecule has 0 saturated heterocycles. The molecule has 0 aliphatic carbocycles. The van der Waals surface area contributed by atoms with Crippen molar-refractivity contribution in [2.24, 2.45) is 0 Å². The van der Waals surface area contributed by atoms with Crippen molar-refractivity contribution in [3.63, 3.8) is 0 Å². The molecule has 13 heavy (non-hydrogen) atoms. The van der Waals surface area contributed by atoms with Crippen LogP contribution >= 0.6 is 8.25 Å². The SMILES string of the molecule is COCCOC(=O)OCO[P+](=O)O. The maximum atomic E-state index is 10.5. The lowest BCUT2D eigenvalue weighted by Crippen LogP contribution is -2.12. The molecule has 0 fully saturated rings. The molecule has 0 aromatic rings. The molecule has 0 aromatic carbocycles. The van der Waals surface area contributed by atoms with Gasteiger partial charge in [-0.15, -0.1) is 4.89 Å². The van der Waals surface area contributed by atoms with Crippen molar-refractivity contribution >= 4 is 14.4 Å². The first-order valence-corrected chi connectivity index (χ1v) is 4.37. The van der Waals surface area contributed by atoms with Crippen LogP contribution in [0.2, 0.25) is 0 Å². The second-order valence-corrected chi connectivity index (χ2v) is 2.45. The van der Waals surface area contributed by atoms with Crippen molar-refractivity contribution < 1.29 is 33.0 Å². The molecule has 0 aromatic heterocycles. The van der Waals surface area contributed by atoms with Gasteiger partial charge in [0.1, 0.15) is 6.61 Å². The predicted molar refractivity (Wildman–Crippen MR) is 40.1 cm³/mol. The maximum absolute atomic E-state index is 10.5. The van der Waals surface area contributed by atoms with Crippen molar-refractivity contribution in [1.82, 2.24) is 0 Å². The summed E-state index contributed by atoms with van der Waals surface area (Å²) in [7, 11) is -1.30. The van der Waals surface area contributed by atoms with Crippen LogP contribution in [0.15, 0.2) is 0 Å². The van der Waals surface area contributed by atoms with Gasteiger partial charge < -0.3 is 14.2 Å². The van der Waals surface area contributed by atoms with Crippen LogP contribution in [0, 0.1) is 0 Å². The molecule has 0 aliphatic rings. The summed E-state index contributed by atoms with van der Waals surface area (Å²) in [5.41, 5.74) is 0. The zero-order valence-corrected chi connectivity index (χ0v) is 7.86. The standard InChI is InChI=1S/C5H9O7P/c1-9-2-3-10-5(6)11-4-12-13(7)8/h2-4H2,1H3/p+1. The lowest BCUT2D eigenvalue weighted by atomic mass is 10.8. The van der Waals surface area contributed by atoms with E-state index >= 15 is 0 Å². The Kier molecular flexibility index (Phi) is 7.42. The molecule has 76 valence electrons. The first kappa shape index (κ1) is 12.2. The summed E-state index contributed by atoms with van der Waals surface area (Å²) in [6, 6.07) is 0. The van der Waals surface area contributed by atoms with Crippen molar-refractivity contribution in [2.45, 2.75) is 0 Å². The fourth-order valence-electron chi connectivity index (χ4n) is 0.370. The maximum Gasteiger partial charge on any atom is 0.698 e. The molecule has 0 spiro atoms.